The van der Waals surface area contributed by atoms with Crippen molar-refractivity contribution >= 4 is 11.9 Å². The van der Waals surface area contributed by atoms with E-state index in [9.17, 15) is 9.59 Å². The van der Waals surface area contributed by atoms with E-state index in [0.29, 0.717) is 13.2 Å². The molecule has 2 unspecified atom stereocenters. The first-order valence-electron chi connectivity index (χ1n) is 7.38. The molecular weight excluding hydrogens is 653 g/mol. The molecule has 0 spiro atoms. The van der Waals surface area contributed by atoms with Crippen molar-refractivity contribution in [3.05, 3.63) is 0 Å². The van der Waals surface area contributed by atoms with Crippen LogP contribution in [-0.4, -0.2) is 36.9 Å². The summed E-state index contributed by atoms with van der Waals surface area (Å²) in [6.45, 7) is 9.95. The van der Waals surface area contributed by atoms with E-state index >= 15 is 0 Å². The van der Waals surface area contributed by atoms with Gasteiger partial charge < -0.3 is 0 Å². The molecule has 0 saturated heterocycles. The molecule has 2 atom stereocenters. The van der Waals surface area contributed by atoms with Crippen LogP contribution in [0.3, 0.4) is 0 Å². The Morgan fingerprint density at radius 2 is 1.62 bits per heavy atom. The molecule has 0 aliphatic carbocycles. The van der Waals surface area contributed by atoms with E-state index < -0.39 is 55.7 Å². The molecule has 0 N–H and O–H groups in total. The van der Waals surface area contributed by atoms with E-state index in [-0.39, 0.29) is 18.0 Å². The van der Waals surface area contributed by atoms with E-state index in [1.165, 1.54) is 13.8 Å². The van der Waals surface area contributed by atoms with Gasteiger partial charge in [0, 0.05) is 0 Å². The normalized spacial score (nSPS) is 14.3. The first-order valence-corrected chi connectivity index (χ1v) is 19.6. The van der Waals surface area contributed by atoms with Crippen LogP contribution in [0.5, 0.6) is 0 Å². The zero-order valence-corrected chi connectivity index (χ0v) is 24.8. The third-order valence-electron chi connectivity index (χ3n) is 3.11. The van der Waals surface area contributed by atoms with Gasteiger partial charge in [-0.15, -0.1) is 0 Å². The average Bonchev–Trinajstić information content (AvgIpc) is 2.37. The Hall–Kier alpha value is 0.730. The summed E-state index contributed by atoms with van der Waals surface area (Å²) in [4.78, 5) is 21.9. The van der Waals surface area contributed by atoms with Gasteiger partial charge in [-0.05, 0) is 0 Å². The van der Waals surface area contributed by atoms with Crippen molar-refractivity contribution in [1.29, 1.82) is 0 Å². The van der Waals surface area contributed by atoms with Crippen LogP contribution >= 0.6 is 0 Å². The monoisotopic (exact) mass is 680 g/mol. The molecule has 21 heavy (non-hydrogen) atoms. The van der Waals surface area contributed by atoms with Crippen LogP contribution in [0.1, 0.15) is 34.6 Å². The van der Waals surface area contributed by atoms with Gasteiger partial charge in [0.2, 0.25) is 0 Å². The van der Waals surface area contributed by atoms with Crippen molar-refractivity contribution in [2.45, 2.75) is 54.2 Å². The van der Waals surface area contributed by atoms with E-state index in [4.69, 9.17) is 14.8 Å². The van der Waals surface area contributed by atoms with Gasteiger partial charge in [0.25, 0.3) is 0 Å². The van der Waals surface area contributed by atoms with Crippen molar-refractivity contribution < 1.29 is 74.4 Å². The number of rotatable bonds is 11. The molecule has 116 valence electrons. The van der Waals surface area contributed by atoms with E-state index in [1.54, 1.807) is 0 Å². The molecular formula is C13H24Hg2O6. The fraction of sp³-hybridized carbons (Fsp3) is 0.846. The number of carbonyl (C=O) groups excluding carboxylic acids is 2. The number of carbonyl (C=O) groups is 2. The van der Waals surface area contributed by atoms with Crippen LogP contribution in [0.25, 0.3) is 0 Å². The van der Waals surface area contributed by atoms with Crippen LogP contribution in [0.15, 0.2) is 0 Å². The van der Waals surface area contributed by atoms with E-state index in [0.717, 1.165) is 7.86 Å². The summed E-state index contributed by atoms with van der Waals surface area (Å²) in [6, 6.07) is 0. The Kier molecular flexibility index (Phi) is 12.6. The molecule has 0 aromatic rings. The fourth-order valence-corrected chi connectivity index (χ4v) is 12.5. The van der Waals surface area contributed by atoms with Crippen LogP contribution in [0, 0.1) is 0 Å². The summed E-state index contributed by atoms with van der Waals surface area (Å²) >= 11 is -3.51. The van der Waals surface area contributed by atoms with Crippen molar-refractivity contribution in [3.63, 3.8) is 0 Å². The minimum atomic E-state index is -1.77. The zero-order valence-electron chi connectivity index (χ0n) is 13.8. The zero-order chi connectivity index (χ0) is 16.3. The van der Waals surface area contributed by atoms with E-state index in [1.807, 2.05) is 20.8 Å². The molecule has 0 rings (SSSR count). The molecule has 0 amide bonds. The van der Waals surface area contributed by atoms with Crippen LogP contribution in [0.2, 0.25) is 7.86 Å². The predicted octanol–water partition coefficient (Wildman–Crippen LogP) is 2.14. The molecule has 0 radical (unpaired) electrons. The Morgan fingerprint density at radius 3 is 2.10 bits per heavy atom. The van der Waals surface area contributed by atoms with Gasteiger partial charge in [-0.2, -0.15) is 0 Å². The molecule has 0 aliphatic heterocycles. The summed E-state index contributed by atoms with van der Waals surface area (Å²) < 4.78 is 23.8. The van der Waals surface area contributed by atoms with Gasteiger partial charge in [-0.1, -0.05) is 0 Å². The standard InChI is InChI=1S/C9H18O2.2C2H4O2.2Hg/c1-6-10-8(3)9(4,5)11-7-2;2*1-2(3)4;;/h8H,3-4,6-7H2,1-2,5H3;2*1H3,(H,3,4);;/q;;;2*+1/p-2. The van der Waals surface area contributed by atoms with Gasteiger partial charge in [0.05, 0.1) is 0 Å². The molecule has 0 aromatic carbocycles. The van der Waals surface area contributed by atoms with Crippen molar-refractivity contribution in [2.24, 2.45) is 0 Å². The summed E-state index contributed by atoms with van der Waals surface area (Å²) in [5.41, 5.74) is -0.443. The Bertz CT molecular complexity index is 326. The Morgan fingerprint density at radius 1 is 1.05 bits per heavy atom. The second-order valence-electron chi connectivity index (χ2n) is 4.91. The molecule has 0 aliphatic rings. The maximum atomic E-state index is 10.9. The number of ether oxygens (including phenoxy) is 2. The average molecular weight is 678 g/mol. The number of hydrogen-bond acceptors (Lipinski definition) is 6. The second kappa shape index (κ2) is 12.2. The summed E-state index contributed by atoms with van der Waals surface area (Å²) in [7, 11) is 0. The first-order chi connectivity index (χ1) is 9.85. The van der Waals surface area contributed by atoms with Crippen molar-refractivity contribution in [2.75, 3.05) is 13.2 Å². The maximum absolute atomic E-state index is 10.9. The molecule has 0 fully saturated rings. The van der Waals surface area contributed by atoms with Gasteiger partial charge in [-0.3, -0.25) is 0 Å². The summed E-state index contributed by atoms with van der Waals surface area (Å²) in [5, 5.41) is 0. The van der Waals surface area contributed by atoms with Gasteiger partial charge >= 0.3 is 154 Å². The predicted molar refractivity (Wildman–Crippen MR) is 68.6 cm³/mol. The Balaban J connectivity index is 4.67. The third-order valence-corrected chi connectivity index (χ3v) is 15.5. The molecule has 8 heteroatoms. The third kappa shape index (κ3) is 10.2. The quantitative estimate of drug-likeness (QED) is 0.313. The fourth-order valence-electron chi connectivity index (χ4n) is 2.13. The molecule has 0 bridgehead atoms. The van der Waals surface area contributed by atoms with Crippen molar-refractivity contribution in [3.8, 4) is 0 Å². The first kappa shape index (κ1) is 21.7. The van der Waals surface area contributed by atoms with Crippen LogP contribution in [-0.2, 0) is 74.4 Å². The van der Waals surface area contributed by atoms with Gasteiger partial charge in [0.15, 0.2) is 0 Å². The summed E-state index contributed by atoms with van der Waals surface area (Å²) in [5.74, 6) is -0.409. The van der Waals surface area contributed by atoms with Crippen molar-refractivity contribution in [1.82, 2.24) is 0 Å². The van der Waals surface area contributed by atoms with E-state index in [2.05, 4.69) is 0 Å². The molecule has 6 nitrogen and oxygen atoms in total. The van der Waals surface area contributed by atoms with Gasteiger partial charge in [-0.25, -0.2) is 0 Å². The summed E-state index contributed by atoms with van der Waals surface area (Å²) in [6.07, 6.45) is -0.0842. The molecule has 0 aromatic heterocycles. The molecule has 0 saturated carbocycles. The topological polar surface area (TPSA) is 71.1 Å². The van der Waals surface area contributed by atoms with Gasteiger partial charge in [0.1, 0.15) is 0 Å². The minimum absolute atomic E-state index is 0.0842. The van der Waals surface area contributed by atoms with Crippen LogP contribution < -0.4 is 0 Å². The SMILES string of the molecule is CCOC([CH2][Hg][O]C(C)=O)C(C)([CH2][Hg][O]C(C)=O)OCC. The Labute approximate surface area is 152 Å². The molecule has 0 heterocycles. The van der Waals surface area contributed by atoms with Crippen LogP contribution in [0.4, 0.5) is 0 Å². The number of hydrogen-bond donors (Lipinski definition) is 0. The second-order valence-corrected chi connectivity index (χ2v) is 14.5.